The third kappa shape index (κ3) is 8.25. The number of benzene rings is 2. The SMILES string of the molecule is C/C=C(\C(=C\C)c1ccc(OCC[N+](C)(CC)CC)cc1)c1ccc(OCC[N+](C)(CC)CC)cc1. The van der Waals surface area contributed by atoms with Crippen LogP contribution in [-0.4, -0.2) is 75.5 Å². The van der Waals surface area contributed by atoms with Crippen molar-refractivity contribution in [3.05, 3.63) is 71.8 Å². The number of ether oxygens (including phenoxy) is 2. The Morgan fingerprint density at radius 2 is 0.889 bits per heavy atom. The van der Waals surface area contributed by atoms with Gasteiger partial charge in [0.05, 0.1) is 40.3 Å². The Labute approximate surface area is 221 Å². The summed E-state index contributed by atoms with van der Waals surface area (Å²) in [5.41, 5.74) is 4.82. The summed E-state index contributed by atoms with van der Waals surface area (Å²) in [6.45, 7) is 21.2. The summed E-state index contributed by atoms with van der Waals surface area (Å²) in [5.74, 6) is 1.86. The molecule has 2 aromatic carbocycles. The van der Waals surface area contributed by atoms with Crippen molar-refractivity contribution in [3.8, 4) is 11.5 Å². The predicted molar refractivity (Wildman–Crippen MR) is 155 cm³/mol. The van der Waals surface area contributed by atoms with Gasteiger partial charge in [-0.25, -0.2) is 0 Å². The molecule has 2 aromatic rings. The highest BCUT2D eigenvalue weighted by molar-refractivity contribution is 6.04. The quantitative estimate of drug-likeness (QED) is 0.198. The van der Waals surface area contributed by atoms with E-state index in [0.29, 0.717) is 0 Å². The first-order chi connectivity index (χ1) is 17.3. The van der Waals surface area contributed by atoms with Gasteiger partial charge < -0.3 is 18.4 Å². The molecule has 0 aromatic heterocycles. The minimum Gasteiger partial charge on any atom is -0.488 e. The summed E-state index contributed by atoms with van der Waals surface area (Å²) in [6, 6.07) is 17.0. The second-order valence-electron chi connectivity index (χ2n) is 10.1. The van der Waals surface area contributed by atoms with Gasteiger partial charge in [-0.1, -0.05) is 36.4 Å². The fraction of sp³-hybridized carbons (Fsp3) is 0.500. The zero-order valence-corrected chi connectivity index (χ0v) is 24.1. The summed E-state index contributed by atoms with van der Waals surface area (Å²) in [6.07, 6.45) is 4.38. The molecule has 198 valence electrons. The Bertz CT molecular complexity index is 885. The number of rotatable bonds is 15. The van der Waals surface area contributed by atoms with Crippen LogP contribution in [0.4, 0.5) is 0 Å². The van der Waals surface area contributed by atoms with E-state index in [9.17, 15) is 0 Å². The first kappa shape index (κ1) is 29.7. The highest BCUT2D eigenvalue weighted by atomic mass is 16.5. The lowest BCUT2D eigenvalue weighted by Gasteiger charge is -2.31. The largest absolute Gasteiger partial charge is 0.488 e. The standard InChI is InChI=1S/C32H50N2O2/c1-9-31(27-15-19-29(20-16-27)35-25-23-33(7,11-3)12-4)32(10-2)28-17-21-30(22-18-28)36-26-24-34(8,13-5)14-6/h9-10,15-22H,11-14,23-26H2,1-8H3/q+2/b31-9-,32-10+. The van der Waals surface area contributed by atoms with Crippen LogP contribution in [-0.2, 0) is 0 Å². The maximum Gasteiger partial charge on any atom is 0.137 e. The number of likely N-dealkylation sites (N-methyl/N-ethyl adjacent to an activating group) is 2. The molecule has 0 aliphatic heterocycles. The summed E-state index contributed by atoms with van der Waals surface area (Å²) >= 11 is 0. The second kappa shape index (κ2) is 14.2. The molecule has 0 spiro atoms. The van der Waals surface area contributed by atoms with E-state index in [2.05, 4.69) is 116 Å². The highest BCUT2D eigenvalue weighted by Crippen LogP contribution is 2.33. The van der Waals surface area contributed by atoms with E-state index in [1.54, 1.807) is 0 Å². The molecule has 2 rings (SSSR count). The Kier molecular flexibility index (Phi) is 11.7. The Morgan fingerprint density at radius 3 is 1.14 bits per heavy atom. The first-order valence-electron chi connectivity index (χ1n) is 13.7. The van der Waals surface area contributed by atoms with E-state index >= 15 is 0 Å². The molecule has 0 heterocycles. The van der Waals surface area contributed by atoms with Crippen molar-refractivity contribution in [3.63, 3.8) is 0 Å². The molecular weight excluding hydrogens is 444 g/mol. The highest BCUT2D eigenvalue weighted by Gasteiger charge is 2.17. The van der Waals surface area contributed by atoms with Gasteiger partial charge in [-0.3, -0.25) is 0 Å². The molecule has 36 heavy (non-hydrogen) atoms. The van der Waals surface area contributed by atoms with Crippen molar-refractivity contribution in [2.75, 3.05) is 66.6 Å². The van der Waals surface area contributed by atoms with Gasteiger partial charge in [0.15, 0.2) is 0 Å². The van der Waals surface area contributed by atoms with E-state index in [0.717, 1.165) is 72.9 Å². The minimum atomic E-state index is 0.734. The van der Waals surface area contributed by atoms with Crippen LogP contribution in [0, 0.1) is 0 Å². The van der Waals surface area contributed by atoms with Gasteiger partial charge in [0.1, 0.15) is 37.8 Å². The summed E-state index contributed by atoms with van der Waals surface area (Å²) < 4.78 is 14.2. The number of nitrogens with zero attached hydrogens (tertiary/aromatic N) is 2. The van der Waals surface area contributed by atoms with E-state index < -0.39 is 0 Å². The molecule has 0 atom stereocenters. The Balaban J connectivity index is 2.04. The molecule has 0 saturated heterocycles. The maximum absolute atomic E-state index is 6.06. The number of quaternary nitrogens is 2. The molecule has 4 nitrogen and oxygen atoms in total. The van der Waals surface area contributed by atoms with Gasteiger partial charge in [0.25, 0.3) is 0 Å². The Hall–Kier alpha value is -2.56. The molecule has 0 aliphatic carbocycles. The van der Waals surface area contributed by atoms with Crippen molar-refractivity contribution in [1.82, 2.24) is 0 Å². The molecule has 0 unspecified atom stereocenters. The minimum absolute atomic E-state index is 0.734. The second-order valence-corrected chi connectivity index (χ2v) is 10.1. The van der Waals surface area contributed by atoms with Crippen molar-refractivity contribution in [1.29, 1.82) is 0 Å². The average Bonchev–Trinajstić information content (AvgIpc) is 2.92. The molecule has 4 heteroatoms. The van der Waals surface area contributed by atoms with Crippen LogP contribution in [0.25, 0.3) is 11.1 Å². The summed E-state index contributed by atoms with van der Waals surface area (Å²) in [4.78, 5) is 0. The van der Waals surface area contributed by atoms with Crippen LogP contribution in [0.2, 0.25) is 0 Å². The van der Waals surface area contributed by atoms with E-state index in [1.807, 2.05) is 0 Å². The molecule has 0 amide bonds. The molecule has 0 bridgehead atoms. The molecule has 0 N–H and O–H groups in total. The fourth-order valence-electron chi connectivity index (χ4n) is 4.26. The van der Waals surface area contributed by atoms with Crippen LogP contribution < -0.4 is 9.47 Å². The van der Waals surface area contributed by atoms with E-state index in [1.165, 1.54) is 22.3 Å². The topological polar surface area (TPSA) is 18.5 Å². The van der Waals surface area contributed by atoms with Crippen LogP contribution in [0.5, 0.6) is 11.5 Å². The summed E-state index contributed by atoms with van der Waals surface area (Å²) in [5, 5.41) is 0. The van der Waals surface area contributed by atoms with Crippen LogP contribution in [0.3, 0.4) is 0 Å². The normalized spacial score (nSPS) is 13.1. The zero-order chi connectivity index (χ0) is 26.6. The molecule has 0 aliphatic rings. The average molecular weight is 495 g/mol. The van der Waals surface area contributed by atoms with Crippen molar-refractivity contribution in [2.24, 2.45) is 0 Å². The lowest BCUT2D eigenvalue weighted by atomic mass is 9.92. The van der Waals surface area contributed by atoms with Gasteiger partial charge >= 0.3 is 0 Å². The first-order valence-corrected chi connectivity index (χ1v) is 13.7. The molecular formula is C32H50N2O2+2. The van der Waals surface area contributed by atoms with Gasteiger partial charge in [0, 0.05) is 0 Å². The monoisotopic (exact) mass is 494 g/mol. The lowest BCUT2D eigenvalue weighted by Crippen LogP contribution is -2.46. The third-order valence-corrected chi connectivity index (χ3v) is 8.05. The van der Waals surface area contributed by atoms with Gasteiger partial charge in [-0.05, 0) is 88.1 Å². The van der Waals surface area contributed by atoms with Gasteiger partial charge in [-0.15, -0.1) is 0 Å². The maximum atomic E-state index is 6.06. The van der Waals surface area contributed by atoms with Crippen LogP contribution >= 0.6 is 0 Å². The van der Waals surface area contributed by atoms with Crippen molar-refractivity contribution < 1.29 is 18.4 Å². The predicted octanol–water partition coefficient (Wildman–Crippen LogP) is 6.92. The molecule has 0 fully saturated rings. The van der Waals surface area contributed by atoms with E-state index in [4.69, 9.17) is 9.47 Å². The van der Waals surface area contributed by atoms with E-state index in [-0.39, 0.29) is 0 Å². The zero-order valence-electron chi connectivity index (χ0n) is 24.1. The number of allylic oxidation sites excluding steroid dienone is 4. The van der Waals surface area contributed by atoms with Crippen molar-refractivity contribution in [2.45, 2.75) is 41.5 Å². The van der Waals surface area contributed by atoms with Crippen molar-refractivity contribution >= 4 is 11.1 Å². The van der Waals surface area contributed by atoms with Crippen LogP contribution in [0.1, 0.15) is 52.7 Å². The molecule has 0 radical (unpaired) electrons. The number of hydrogen-bond donors (Lipinski definition) is 0. The van der Waals surface area contributed by atoms with Crippen LogP contribution in [0.15, 0.2) is 60.7 Å². The fourth-order valence-corrected chi connectivity index (χ4v) is 4.26. The van der Waals surface area contributed by atoms with Gasteiger partial charge in [0.2, 0.25) is 0 Å². The summed E-state index contributed by atoms with van der Waals surface area (Å²) in [7, 11) is 4.57. The smallest absolute Gasteiger partial charge is 0.137 e. The third-order valence-electron chi connectivity index (χ3n) is 8.05. The number of hydrogen-bond acceptors (Lipinski definition) is 2. The lowest BCUT2D eigenvalue weighted by molar-refractivity contribution is -0.906. The molecule has 0 saturated carbocycles. The van der Waals surface area contributed by atoms with Gasteiger partial charge in [-0.2, -0.15) is 0 Å². The Morgan fingerprint density at radius 1 is 0.583 bits per heavy atom.